The van der Waals surface area contributed by atoms with E-state index in [0.717, 1.165) is 6.21 Å². The maximum absolute atomic E-state index is 12.2. The predicted octanol–water partition coefficient (Wildman–Crippen LogP) is 1.60. The fraction of sp³-hybridized carbons (Fsp3) is 0.200. The van der Waals surface area contributed by atoms with Gasteiger partial charge in [-0.25, -0.2) is 10.9 Å². The molecule has 2 aromatic carbocycles. The molecule has 0 aliphatic carbocycles. The van der Waals surface area contributed by atoms with E-state index in [9.17, 15) is 19.8 Å². The summed E-state index contributed by atoms with van der Waals surface area (Å²) < 4.78 is 0. The zero-order chi connectivity index (χ0) is 22.8. The second kappa shape index (κ2) is 12.1. The maximum Gasteiger partial charge on any atom is 0.271 e. The molecular weight excluding hydrogens is 447 g/mol. The fourth-order valence-corrected chi connectivity index (χ4v) is 2.47. The second-order valence-electron chi connectivity index (χ2n) is 6.28. The number of hydrogen-bond donors (Lipinski definition) is 5. The summed E-state index contributed by atoms with van der Waals surface area (Å²) in [6.07, 6.45) is -1.96. The van der Waals surface area contributed by atoms with E-state index in [-0.39, 0.29) is 17.7 Å². The topological polar surface area (TPSA) is 144 Å². The van der Waals surface area contributed by atoms with Gasteiger partial charge in [0.05, 0.1) is 24.6 Å². The first kappa shape index (κ1) is 24.4. The van der Waals surface area contributed by atoms with Gasteiger partial charge in [0.25, 0.3) is 11.8 Å². The quantitative estimate of drug-likeness (QED) is 0.281. The van der Waals surface area contributed by atoms with Crippen molar-refractivity contribution in [2.24, 2.45) is 10.2 Å². The van der Waals surface area contributed by atoms with Crippen LogP contribution in [0.25, 0.3) is 0 Å². The van der Waals surface area contributed by atoms with Gasteiger partial charge in [-0.05, 0) is 48.5 Å². The van der Waals surface area contributed by atoms with Gasteiger partial charge in [-0.3, -0.25) is 9.59 Å². The Kier molecular flexibility index (Phi) is 9.57. The number of hydrazone groups is 2. The summed E-state index contributed by atoms with van der Waals surface area (Å²) in [6, 6.07) is 12.2. The van der Waals surface area contributed by atoms with E-state index in [1.165, 1.54) is 36.4 Å². The lowest BCUT2D eigenvalue weighted by atomic mass is 10.1. The van der Waals surface area contributed by atoms with E-state index in [2.05, 4.69) is 21.1 Å². The highest BCUT2D eigenvalue weighted by Gasteiger charge is 2.18. The molecule has 2 amide bonds. The first-order valence-corrected chi connectivity index (χ1v) is 9.74. The number of halogens is 2. The first-order valence-electron chi connectivity index (χ1n) is 8.98. The predicted molar refractivity (Wildman–Crippen MR) is 117 cm³/mol. The van der Waals surface area contributed by atoms with Gasteiger partial charge < -0.3 is 15.3 Å². The number of carbonyl (C=O) groups is 2. The van der Waals surface area contributed by atoms with Crippen molar-refractivity contribution in [1.29, 1.82) is 0 Å². The maximum atomic E-state index is 12.2. The van der Waals surface area contributed by atoms with E-state index in [1.54, 1.807) is 12.1 Å². The zero-order valence-corrected chi connectivity index (χ0v) is 17.6. The molecule has 5 N–H and O–H groups in total. The molecule has 2 unspecified atom stereocenters. The van der Waals surface area contributed by atoms with Gasteiger partial charge in [-0.15, -0.1) is 0 Å². The third-order valence-corrected chi connectivity index (χ3v) is 4.45. The van der Waals surface area contributed by atoms with Crippen LogP contribution in [-0.2, 0) is 0 Å². The van der Waals surface area contributed by atoms with Crippen LogP contribution in [0.5, 0.6) is 0 Å². The number of amides is 2. The molecule has 9 nitrogen and oxygen atoms in total. The van der Waals surface area contributed by atoms with Crippen LogP contribution in [0.2, 0.25) is 10.0 Å². The van der Waals surface area contributed by atoms with Crippen molar-refractivity contribution in [2.75, 3.05) is 6.61 Å². The zero-order valence-electron chi connectivity index (χ0n) is 16.1. The van der Waals surface area contributed by atoms with E-state index in [4.69, 9.17) is 28.3 Å². The van der Waals surface area contributed by atoms with Crippen molar-refractivity contribution in [3.63, 3.8) is 0 Å². The van der Waals surface area contributed by atoms with Crippen LogP contribution in [-0.4, -0.2) is 57.9 Å². The Morgan fingerprint density at radius 1 is 0.871 bits per heavy atom. The molecular formula is C20H20Cl2N4O5. The number of hydrogen-bond acceptors (Lipinski definition) is 7. The molecule has 0 heterocycles. The van der Waals surface area contributed by atoms with E-state index in [1.807, 2.05) is 0 Å². The smallest absolute Gasteiger partial charge is 0.271 e. The molecule has 0 spiro atoms. The van der Waals surface area contributed by atoms with Crippen LogP contribution in [0.1, 0.15) is 27.1 Å². The van der Waals surface area contributed by atoms with Crippen LogP contribution >= 0.6 is 23.2 Å². The molecule has 0 aromatic heterocycles. The first-order chi connectivity index (χ1) is 14.8. The fourth-order valence-electron chi connectivity index (χ4n) is 2.22. The van der Waals surface area contributed by atoms with Gasteiger partial charge in [0.2, 0.25) is 0 Å². The molecule has 0 radical (unpaired) electrons. The van der Waals surface area contributed by atoms with E-state index in [0.29, 0.717) is 15.6 Å². The Morgan fingerprint density at radius 2 is 1.35 bits per heavy atom. The van der Waals surface area contributed by atoms with Crippen molar-refractivity contribution >= 4 is 46.9 Å². The molecule has 2 aromatic rings. The monoisotopic (exact) mass is 466 g/mol. The summed E-state index contributed by atoms with van der Waals surface area (Å²) >= 11 is 11.6. The number of nitrogens with zero attached hydrogens (tertiary/aromatic N) is 2. The second-order valence-corrected chi connectivity index (χ2v) is 7.15. The van der Waals surface area contributed by atoms with Crippen molar-refractivity contribution in [3.05, 3.63) is 69.7 Å². The molecule has 0 bridgehead atoms. The highest BCUT2D eigenvalue weighted by Crippen LogP contribution is 2.10. The average molecular weight is 467 g/mol. The van der Waals surface area contributed by atoms with Crippen LogP contribution < -0.4 is 10.9 Å². The molecule has 0 aliphatic heterocycles. The number of aliphatic hydroxyl groups excluding tert-OH is 3. The van der Waals surface area contributed by atoms with Crippen LogP contribution in [0.15, 0.2) is 58.7 Å². The lowest BCUT2D eigenvalue weighted by Gasteiger charge is -2.15. The van der Waals surface area contributed by atoms with Gasteiger partial charge in [0, 0.05) is 27.6 Å². The van der Waals surface area contributed by atoms with Crippen LogP contribution in [0.4, 0.5) is 0 Å². The normalized spacial score (nSPS) is 13.6. The standard InChI is InChI=1S/C20H20Cl2N4O5/c21-14-5-1-12(2-6-14)19(30)25-23-10-16(9-17(28)18(29)11-27)24-26-20(31)13-3-7-15(22)8-4-13/h1-8,10,17-18,27-29H,9,11H2,(H,25,30)(H,26,31). The highest BCUT2D eigenvalue weighted by atomic mass is 35.5. The number of rotatable bonds is 9. The summed E-state index contributed by atoms with van der Waals surface area (Å²) in [6.45, 7) is -0.671. The minimum Gasteiger partial charge on any atom is -0.394 e. The van der Waals surface area contributed by atoms with Crippen molar-refractivity contribution < 1.29 is 24.9 Å². The summed E-state index contributed by atoms with van der Waals surface area (Å²) in [5, 5.41) is 37.0. The molecule has 164 valence electrons. The summed E-state index contributed by atoms with van der Waals surface area (Å²) in [5.41, 5.74) is 5.19. The van der Waals surface area contributed by atoms with Crippen molar-refractivity contribution in [1.82, 2.24) is 10.9 Å². The number of carbonyl (C=O) groups excluding carboxylic acids is 2. The Balaban J connectivity index is 2.09. The van der Waals surface area contributed by atoms with Gasteiger partial charge in [0.15, 0.2) is 0 Å². The largest absolute Gasteiger partial charge is 0.394 e. The third kappa shape index (κ3) is 8.08. The molecule has 2 atom stereocenters. The van der Waals surface area contributed by atoms with Gasteiger partial charge in [0.1, 0.15) is 6.10 Å². The van der Waals surface area contributed by atoms with Crippen LogP contribution in [0, 0.1) is 0 Å². The Morgan fingerprint density at radius 3 is 1.84 bits per heavy atom. The highest BCUT2D eigenvalue weighted by molar-refractivity contribution is 6.31. The number of benzene rings is 2. The molecule has 11 heteroatoms. The lowest BCUT2D eigenvalue weighted by Crippen LogP contribution is -2.33. The van der Waals surface area contributed by atoms with Crippen LogP contribution in [0.3, 0.4) is 0 Å². The third-order valence-electron chi connectivity index (χ3n) is 3.94. The lowest BCUT2D eigenvalue weighted by molar-refractivity contribution is -0.00975. The van der Waals surface area contributed by atoms with E-state index >= 15 is 0 Å². The minimum atomic E-state index is -1.42. The summed E-state index contributed by atoms with van der Waals surface area (Å²) in [7, 11) is 0. The summed E-state index contributed by atoms with van der Waals surface area (Å²) in [5.74, 6) is -1.07. The molecule has 0 saturated heterocycles. The van der Waals surface area contributed by atoms with Crippen molar-refractivity contribution in [2.45, 2.75) is 18.6 Å². The van der Waals surface area contributed by atoms with Crippen molar-refractivity contribution in [3.8, 4) is 0 Å². The summed E-state index contributed by atoms with van der Waals surface area (Å²) in [4.78, 5) is 24.3. The Labute approximate surface area is 188 Å². The SMILES string of the molecule is O=C(NN=CC(CC(O)C(O)CO)=NNC(=O)c1ccc(Cl)cc1)c1ccc(Cl)cc1. The molecule has 0 saturated carbocycles. The number of nitrogens with one attached hydrogen (secondary N) is 2. The average Bonchev–Trinajstić information content (AvgIpc) is 2.77. The van der Waals surface area contributed by atoms with Gasteiger partial charge in [-0.1, -0.05) is 23.2 Å². The molecule has 0 aliphatic rings. The molecule has 0 fully saturated rings. The molecule has 2 rings (SSSR count). The number of aliphatic hydroxyl groups is 3. The Hall–Kier alpha value is -2.82. The van der Waals surface area contributed by atoms with E-state index < -0.39 is 30.6 Å². The Bertz CT molecular complexity index is 949. The van der Waals surface area contributed by atoms with Gasteiger partial charge >= 0.3 is 0 Å². The molecule has 31 heavy (non-hydrogen) atoms. The van der Waals surface area contributed by atoms with Gasteiger partial charge in [-0.2, -0.15) is 10.2 Å². The minimum absolute atomic E-state index is 0.0266.